The van der Waals surface area contributed by atoms with Crippen LogP contribution in [0.15, 0.2) is 84.0 Å². The Morgan fingerprint density at radius 1 is 0.974 bits per heavy atom. The van der Waals surface area contributed by atoms with E-state index in [0.717, 1.165) is 34.5 Å². The number of hydrogen-bond donors (Lipinski definition) is 1. The Labute approximate surface area is 228 Å². The molecule has 4 rings (SSSR count). The Hall–Kier alpha value is -3.88. The highest BCUT2D eigenvalue weighted by Crippen LogP contribution is 2.23. The molecule has 0 saturated carbocycles. The number of aryl methyl sites for hydroxylation is 2. The third kappa shape index (κ3) is 6.33. The fraction of sp³-hybridized carbons (Fsp3) is 0.172. The predicted molar refractivity (Wildman–Crippen MR) is 154 cm³/mol. The van der Waals surface area contributed by atoms with E-state index in [2.05, 4.69) is 46.3 Å². The molecule has 4 aromatic rings. The van der Waals surface area contributed by atoms with Crippen LogP contribution in [0, 0.1) is 20.8 Å². The number of nitrogens with one attached hydrogen (secondary N) is 1. The van der Waals surface area contributed by atoms with Gasteiger partial charge in [0.1, 0.15) is 0 Å². The van der Waals surface area contributed by atoms with Gasteiger partial charge >= 0.3 is 0 Å². The molecule has 0 aliphatic rings. The summed E-state index contributed by atoms with van der Waals surface area (Å²) in [5.41, 5.74) is 9.37. The van der Waals surface area contributed by atoms with E-state index >= 15 is 0 Å². The molecule has 0 unspecified atom stereocenters. The zero-order valence-electron chi connectivity index (χ0n) is 21.6. The van der Waals surface area contributed by atoms with E-state index in [1.54, 1.807) is 54.7 Å². The summed E-state index contributed by atoms with van der Waals surface area (Å²) in [7, 11) is -3.56. The van der Waals surface area contributed by atoms with Gasteiger partial charge in [-0.3, -0.25) is 9.10 Å². The van der Waals surface area contributed by atoms with Crippen LogP contribution in [-0.2, 0) is 16.6 Å². The topological polar surface area (TPSA) is 83.8 Å². The lowest BCUT2D eigenvalue weighted by molar-refractivity contribution is 0.0955. The molecule has 196 valence electrons. The fourth-order valence-corrected chi connectivity index (χ4v) is 5.18. The number of hydrazone groups is 1. The van der Waals surface area contributed by atoms with Crippen LogP contribution in [0.5, 0.6) is 0 Å². The van der Waals surface area contributed by atoms with Crippen LogP contribution in [0.1, 0.15) is 38.4 Å². The van der Waals surface area contributed by atoms with Gasteiger partial charge in [-0.2, -0.15) is 5.10 Å². The average molecular weight is 549 g/mol. The summed E-state index contributed by atoms with van der Waals surface area (Å²) in [6.45, 7) is 6.23. The van der Waals surface area contributed by atoms with Crippen LogP contribution in [-0.4, -0.2) is 31.4 Å². The van der Waals surface area contributed by atoms with Crippen molar-refractivity contribution in [2.24, 2.45) is 5.10 Å². The Balaban J connectivity index is 1.46. The first-order valence-corrected chi connectivity index (χ1v) is 14.2. The molecule has 1 heterocycles. The second kappa shape index (κ2) is 11.2. The van der Waals surface area contributed by atoms with Gasteiger partial charge in [-0.15, -0.1) is 0 Å². The summed E-state index contributed by atoms with van der Waals surface area (Å²) < 4.78 is 28.3. The third-order valence-electron chi connectivity index (χ3n) is 6.19. The molecular formula is C29H29ClN4O3S. The van der Waals surface area contributed by atoms with Crippen LogP contribution in [0.3, 0.4) is 0 Å². The van der Waals surface area contributed by atoms with Crippen LogP contribution in [0.4, 0.5) is 5.69 Å². The SMILES string of the molecule is Cc1ccc(-n2c(C)cc(/C=N\NC(=O)c3ccc(N(Cc4ccc(Cl)cc4)S(C)(=O)=O)cc3)c2C)cc1. The monoisotopic (exact) mass is 548 g/mol. The third-order valence-corrected chi connectivity index (χ3v) is 7.58. The van der Waals surface area contributed by atoms with Crippen molar-refractivity contribution >= 4 is 39.4 Å². The van der Waals surface area contributed by atoms with E-state index in [-0.39, 0.29) is 6.54 Å². The number of hydrogen-bond acceptors (Lipinski definition) is 4. The zero-order valence-corrected chi connectivity index (χ0v) is 23.2. The summed E-state index contributed by atoms with van der Waals surface area (Å²) in [6.07, 6.45) is 2.77. The lowest BCUT2D eigenvalue weighted by Gasteiger charge is -2.22. The molecule has 9 heteroatoms. The van der Waals surface area contributed by atoms with Gasteiger partial charge in [0.05, 0.1) is 24.7 Å². The maximum atomic E-state index is 12.7. The first kappa shape index (κ1) is 27.2. The van der Waals surface area contributed by atoms with Gasteiger partial charge < -0.3 is 4.57 Å². The minimum Gasteiger partial charge on any atom is -0.318 e. The lowest BCUT2D eigenvalue weighted by atomic mass is 10.2. The maximum absolute atomic E-state index is 12.7. The van der Waals surface area contributed by atoms with E-state index in [1.807, 2.05) is 19.9 Å². The van der Waals surface area contributed by atoms with E-state index in [1.165, 1.54) is 9.87 Å². The van der Waals surface area contributed by atoms with Gasteiger partial charge in [-0.05, 0) is 80.9 Å². The minimum atomic E-state index is -3.56. The summed E-state index contributed by atoms with van der Waals surface area (Å²) in [5.74, 6) is -0.399. The number of amides is 1. The van der Waals surface area contributed by atoms with Crippen LogP contribution >= 0.6 is 11.6 Å². The van der Waals surface area contributed by atoms with Gasteiger partial charge in [-0.1, -0.05) is 41.4 Å². The van der Waals surface area contributed by atoms with E-state index in [4.69, 9.17) is 11.6 Å². The molecule has 0 aliphatic heterocycles. The number of benzene rings is 3. The number of carbonyl (C=O) groups is 1. The Morgan fingerprint density at radius 2 is 1.61 bits per heavy atom. The van der Waals surface area contributed by atoms with E-state index in [9.17, 15) is 13.2 Å². The van der Waals surface area contributed by atoms with Crippen molar-refractivity contribution in [1.29, 1.82) is 0 Å². The number of nitrogens with zero attached hydrogens (tertiary/aromatic N) is 3. The molecule has 1 aromatic heterocycles. The average Bonchev–Trinajstić information content (AvgIpc) is 3.16. The molecule has 0 fully saturated rings. The van der Waals surface area contributed by atoms with Crippen molar-refractivity contribution < 1.29 is 13.2 Å². The first-order chi connectivity index (χ1) is 18.0. The summed E-state index contributed by atoms with van der Waals surface area (Å²) in [5, 5.41) is 4.72. The highest BCUT2D eigenvalue weighted by atomic mass is 35.5. The van der Waals surface area contributed by atoms with Crippen molar-refractivity contribution in [2.75, 3.05) is 10.6 Å². The summed E-state index contributed by atoms with van der Waals surface area (Å²) >= 11 is 5.94. The normalized spacial score (nSPS) is 11.6. The van der Waals surface area contributed by atoms with Gasteiger partial charge in [0.15, 0.2) is 0 Å². The van der Waals surface area contributed by atoms with E-state index in [0.29, 0.717) is 16.3 Å². The zero-order chi connectivity index (χ0) is 27.4. The summed E-state index contributed by atoms with van der Waals surface area (Å²) in [4.78, 5) is 12.7. The largest absolute Gasteiger partial charge is 0.318 e. The molecule has 0 aliphatic carbocycles. The molecule has 0 spiro atoms. The summed E-state index contributed by atoms with van der Waals surface area (Å²) in [6, 6.07) is 23.6. The van der Waals surface area contributed by atoms with Gasteiger partial charge in [-0.25, -0.2) is 13.8 Å². The Kier molecular flexibility index (Phi) is 8.04. The van der Waals surface area contributed by atoms with Crippen molar-refractivity contribution in [1.82, 2.24) is 9.99 Å². The fourth-order valence-electron chi connectivity index (χ4n) is 4.17. The molecule has 0 bridgehead atoms. The lowest BCUT2D eigenvalue weighted by Crippen LogP contribution is -2.29. The van der Waals surface area contributed by atoms with Crippen LogP contribution < -0.4 is 9.73 Å². The highest BCUT2D eigenvalue weighted by molar-refractivity contribution is 7.92. The number of carbonyl (C=O) groups excluding carboxylic acids is 1. The maximum Gasteiger partial charge on any atom is 0.271 e. The molecule has 3 aromatic carbocycles. The van der Waals surface area contributed by atoms with Gasteiger partial charge in [0, 0.05) is 33.2 Å². The number of rotatable bonds is 8. The molecule has 1 amide bonds. The van der Waals surface area contributed by atoms with Crippen LogP contribution in [0.2, 0.25) is 5.02 Å². The predicted octanol–water partition coefficient (Wildman–Crippen LogP) is 5.79. The highest BCUT2D eigenvalue weighted by Gasteiger charge is 2.18. The molecule has 0 radical (unpaired) electrons. The molecule has 0 saturated heterocycles. The molecule has 38 heavy (non-hydrogen) atoms. The molecule has 0 atom stereocenters. The van der Waals surface area contributed by atoms with Crippen molar-refractivity contribution in [3.8, 4) is 5.69 Å². The Bertz CT molecular complexity index is 1570. The van der Waals surface area contributed by atoms with Crippen molar-refractivity contribution in [2.45, 2.75) is 27.3 Å². The smallest absolute Gasteiger partial charge is 0.271 e. The van der Waals surface area contributed by atoms with Gasteiger partial charge in [0.2, 0.25) is 10.0 Å². The molecule has 1 N–H and O–H groups in total. The first-order valence-electron chi connectivity index (χ1n) is 11.9. The van der Waals surface area contributed by atoms with Crippen molar-refractivity contribution in [3.63, 3.8) is 0 Å². The van der Waals surface area contributed by atoms with Gasteiger partial charge in [0.25, 0.3) is 5.91 Å². The van der Waals surface area contributed by atoms with Crippen LogP contribution in [0.25, 0.3) is 5.69 Å². The number of aromatic nitrogens is 1. The number of anilines is 1. The second-order valence-electron chi connectivity index (χ2n) is 9.14. The number of halogens is 1. The number of sulfonamides is 1. The second-order valence-corrected chi connectivity index (χ2v) is 11.5. The van der Waals surface area contributed by atoms with E-state index < -0.39 is 15.9 Å². The molecule has 7 nitrogen and oxygen atoms in total. The standard InChI is InChI=1S/C29H29ClN4O3S/c1-20-5-13-28(14-6-20)34-21(2)17-25(22(34)3)18-31-32-29(35)24-9-15-27(16-10-24)33(38(4,36)37)19-23-7-11-26(30)12-8-23/h5-18H,19H2,1-4H3,(H,32,35)/b31-18-. The molecular weight excluding hydrogens is 520 g/mol. The quantitative estimate of drug-likeness (QED) is 0.223. The minimum absolute atomic E-state index is 0.146. The Morgan fingerprint density at radius 3 is 2.21 bits per heavy atom. The van der Waals surface area contributed by atoms with Crippen molar-refractivity contribution in [3.05, 3.63) is 118 Å².